The minimum absolute atomic E-state index is 0. The Balaban J connectivity index is 0.00000192. The van der Waals surface area contributed by atoms with Gasteiger partial charge in [0, 0.05) is 18.0 Å². The van der Waals surface area contributed by atoms with Crippen molar-refractivity contribution in [3.8, 4) is 5.75 Å². The predicted molar refractivity (Wildman–Crippen MR) is 95.4 cm³/mol. The Morgan fingerprint density at radius 2 is 2.04 bits per heavy atom. The highest BCUT2D eigenvalue weighted by molar-refractivity contribution is 9.10. The predicted octanol–water partition coefficient (Wildman–Crippen LogP) is 3.62. The molecule has 0 saturated carbocycles. The second-order valence-electron chi connectivity index (χ2n) is 6.25. The Kier molecular flexibility index (Phi) is 5.98. The summed E-state index contributed by atoms with van der Waals surface area (Å²) in [4.78, 5) is 14.8. The lowest BCUT2D eigenvalue weighted by atomic mass is 9.76. The third kappa shape index (κ3) is 3.24. The van der Waals surface area contributed by atoms with Crippen molar-refractivity contribution in [2.45, 2.75) is 37.3 Å². The van der Waals surface area contributed by atoms with Gasteiger partial charge in [-0.2, -0.15) is 0 Å². The van der Waals surface area contributed by atoms with Crippen LogP contribution in [-0.2, 0) is 9.53 Å². The first-order valence-corrected chi connectivity index (χ1v) is 8.49. The highest BCUT2D eigenvalue weighted by Crippen LogP contribution is 2.47. The highest BCUT2D eigenvalue weighted by atomic mass is 79.9. The van der Waals surface area contributed by atoms with Crippen LogP contribution in [-0.4, -0.2) is 44.2 Å². The number of methoxy groups -OCH3 is 2. The van der Waals surface area contributed by atoms with E-state index in [0.29, 0.717) is 6.04 Å². The van der Waals surface area contributed by atoms with Gasteiger partial charge in [0.25, 0.3) is 0 Å². The second-order valence-corrected chi connectivity index (χ2v) is 7.10. The molecule has 0 amide bonds. The maximum atomic E-state index is 12.4. The molecule has 0 spiro atoms. The molecular formula is C17H23BrClNO3. The first-order valence-electron chi connectivity index (χ1n) is 7.70. The summed E-state index contributed by atoms with van der Waals surface area (Å²) in [7, 11) is 5.29. The van der Waals surface area contributed by atoms with Crippen LogP contribution in [0.5, 0.6) is 5.75 Å². The third-order valence-electron chi connectivity index (χ3n) is 5.35. The molecule has 2 aliphatic heterocycles. The fourth-order valence-corrected chi connectivity index (χ4v) is 4.74. The van der Waals surface area contributed by atoms with Crippen LogP contribution in [0.3, 0.4) is 0 Å². The van der Waals surface area contributed by atoms with Crippen LogP contribution in [0.15, 0.2) is 22.7 Å². The second kappa shape index (κ2) is 7.41. The average molecular weight is 405 g/mol. The monoisotopic (exact) mass is 403 g/mol. The fraction of sp³-hybridized carbons (Fsp3) is 0.588. The summed E-state index contributed by atoms with van der Waals surface area (Å²) in [6, 6.07) is 6.99. The summed E-state index contributed by atoms with van der Waals surface area (Å²) in [5.74, 6) is 0.848. The number of halogens is 2. The molecule has 0 aliphatic carbocycles. The first-order chi connectivity index (χ1) is 10.6. The summed E-state index contributed by atoms with van der Waals surface area (Å²) >= 11 is 3.55. The molecular weight excluding hydrogens is 382 g/mol. The van der Waals surface area contributed by atoms with Gasteiger partial charge in [0.15, 0.2) is 0 Å². The Labute approximate surface area is 152 Å². The zero-order valence-electron chi connectivity index (χ0n) is 13.6. The van der Waals surface area contributed by atoms with Crippen molar-refractivity contribution in [3.63, 3.8) is 0 Å². The number of hydrogen-bond donors (Lipinski definition) is 0. The van der Waals surface area contributed by atoms with Gasteiger partial charge in [-0.25, -0.2) is 0 Å². The summed E-state index contributed by atoms with van der Waals surface area (Å²) < 4.78 is 11.4. The molecule has 2 saturated heterocycles. The lowest BCUT2D eigenvalue weighted by molar-refractivity contribution is -0.150. The first kappa shape index (κ1) is 18.6. The molecule has 1 aromatic carbocycles. The van der Waals surface area contributed by atoms with Crippen molar-refractivity contribution in [1.29, 1.82) is 0 Å². The molecule has 4 nitrogen and oxygen atoms in total. The molecule has 1 aromatic rings. The smallest absolute Gasteiger partial charge is 0.310 e. The van der Waals surface area contributed by atoms with Crippen molar-refractivity contribution in [1.82, 2.24) is 4.90 Å². The van der Waals surface area contributed by atoms with Gasteiger partial charge in [0.05, 0.1) is 24.6 Å². The van der Waals surface area contributed by atoms with Crippen molar-refractivity contribution in [2.75, 3.05) is 21.3 Å². The summed E-state index contributed by atoms with van der Waals surface area (Å²) in [6.07, 6.45) is 3.25. The van der Waals surface area contributed by atoms with Gasteiger partial charge >= 0.3 is 5.97 Å². The average Bonchev–Trinajstić information content (AvgIpc) is 2.76. The zero-order valence-corrected chi connectivity index (χ0v) is 16.0. The molecule has 128 valence electrons. The molecule has 0 N–H and O–H groups in total. The van der Waals surface area contributed by atoms with Crippen LogP contribution in [0.2, 0.25) is 0 Å². The standard InChI is InChI=1S/C17H22BrNO3.ClH/c1-19-11-5-6-14(19)16(17(20)22-3)12(9-11)10-4-7-15(21-2)13(18)8-10;/h4,7-8,11-12,14,16H,5-6,9H2,1-3H3;1H/t11-,12-,14-,16+;/m1./s1. The molecule has 3 rings (SSSR count). The van der Waals surface area contributed by atoms with Crippen LogP contribution in [0, 0.1) is 5.92 Å². The van der Waals surface area contributed by atoms with E-state index in [1.165, 1.54) is 19.1 Å². The number of rotatable bonds is 3. The molecule has 2 aliphatic rings. The summed E-state index contributed by atoms with van der Waals surface area (Å²) in [5, 5.41) is 0. The fourth-order valence-electron chi connectivity index (χ4n) is 4.18. The van der Waals surface area contributed by atoms with Gasteiger partial charge in [-0.15, -0.1) is 12.4 Å². The van der Waals surface area contributed by atoms with Crippen molar-refractivity contribution in [2.24, 2.45) is 5.92 Å². The van der Waals surface area contributed by atoms with Gasteiger partial charge in [-0.05, 0) is 59.9 Å². The molecule has 4 atom stereocenters. The summed E-state index contributed by atoms with van der Waals surface area (Å²) in [5.41, 5.74) is 1.19. The van der Waals surface area contributed by atoms with E-state index in [4.69, 9.17) is 9.47 Å². The number of piperidine rings is 1. The van der Waals surface area contributed by atoms with E-state index < -0.39 is 0 Å². The quantitative estimate of drug-likeness (QED) is 0.721. The van der Waals surface area contributed by atoms with E-state index >= 15 is 0 Å². The number of nitrogens with zero attached hydrogens (tertiary/aromatic N) is 1. The highest BCUT2D eigenvalue weighted by Gasteiger charge is 2.49. The summed E-state index contributed by atoms with van der Waals surface area (Å²) in [6.45, 7) is 0. The Hall–Kier alpha value is -0.780. The van der Waals surface area contributed by atoms with Crippen LogP contribution in [0.25, 0.3) is 0 Å². The molecule has 2 heterocycles. The number of esters is 1. The van der Waals surface area contributed by atoms with Gasteiger partial charge in [0.2, 0.25) is 0 Å². The molecule has 6 heteroatoms. The minimum atomic E-state index is -0.0888. The molecule has 0 aromatic heterocycles. The van der Waals surface area contributed by atoms with E-state index in [0.717, 1.165) is 23.1 Å². The van der Waals surface area contributed by atoms with Gasteiger partial charge in [-0.1, -0.05) is 6.07 Å². The van der Waals surface area contributed by atoms with Crippen LogP contribution < -0.4 is 4.74 Å². The largest absolute Gasteiger partial charge is 0.496 e. The molecule has 23 heavy (non-hydrogen) atoms. The number of carbonyl (C=O) groups is 1. The van der Waals surface area contributed by atoms with E-state index in [2.05, 4.69) is 40.0 Å². The van der Waals surface area contributed by atoms with Gasteiger partial charge in [-0.3, -0.25) is 9.69 Å². The molecule has 0 radical (unpaired) electrons. The third-order valence-corrected chi connectivity index (χ3v) is 5.97. The maximum absolute atomic E-state index is 12.4. The topological polar surface area (TPSA) is 38.8 Å². The minimum Gasteiger partial charge on any atom is -0.496 e. The molecule has 2 fully saturated rings. The molecule has 2 bridgehead atoms. The van der Waals surface area contributed by atoms with E-state index in [9.17, 15) is 4.79 Å². The van der Waals surface area contributed by atoms with Crippen LogP contribution in [0.4, 0.5) is 0 Å². The lowest BCUT2D eigenvalue weighted by Crippen LogP contribution is -2.49. The number of benzene rings is 1. The van der Waals surface area contributed by atoms with Gasteiger partial charge in [0.1, 0.15) is 5.75 Å². The van der Waals surface area contributed by atoms with Gasteiger partial charge < -0.3 is 9.47 Å². The van der Waals surface area contributed by atoms with Crippen LogP contribution in [0.1, 0.15) is 30.7 Å². The zero-order chi connectivity index (χ0) is 15.9. The van der Waals surface area contributed by atoms with E-state index in [-0.39, 0.29) is 36.3 Å². The number of ether oxygens (including phenoxy) is 2. The normalized spacial score (nSPS) is 29.7. The van der Waals surface area contributed by atoms with E-state index in [1.54, 1.807) is 7.11 Å². The van der Waals surface area contributed by atoms with Crippen molar-refractivity contribution in [3.05, 3.63) is 28.2 Å². The van der Waals surface area contributed by atoms with Crippen molar-refractivity contribution >= 4 is 34.3 Å². The van der Waals surface area contributed by atoms with Crippen LogP contribution >= 0.6 is 28.3 Å². The number of hydrogen-bond acceptors (Lipinski definition) is 4. The van der Waals surface area contributed by atoms with Crippen molar-refractivity contribution < 1.29 is 14.3 Å². The SMILES string of the molecule is COC(=O)[C@H]1[C@@H](c2ccc(OC)c(Br)c2)C[C@H]2CC[C@H]1N2C.Cl. The number of fused-ring (bicyclic) bond motifs is 2. The number of carbonyl (C=O) groups excluding carboxylic acids is 1. The Morgan fingerprint density at radius 3 is 2.65 bits per heavy atom. The maximum Gasteiger partial charge on any atom is 0.310 e. The molecule has 0 unspecified atom stereocenters. The lowest BCUT2D eigenvalue weighted by Gasteiger charge is -2.41. The Morgan fingerprint density at radius 1 is 1.30 bits per heavy atom. The Bertz CT molecular complexity index is 583. The van der Waals surface area contributed by atoms with E-state index in [1.807, 2.05) is 6.07 Å².